The van der Waals surface area contributed by atoms with Crippen molar-refractivity contribution in [2.75, 3.05) is 19.1 Å². The third-order valence-electron chi connectivity index (χ3n) is 3.66. The van der Waals surface area contributed by atoms with Crippen molar-refractivity contribution in [1.29, 1.82) is 0 Å². The summed E-state index contributed by atoms with van der Waals surface area (Å²) in [7, 11) is 1.66. The van der Waals surface area contributed by atoms with E-state index in [1.165, 1.54) is 0 Å². The molecule has 1 N–H and O–H groups in total. The van der Waals surface area contributed by atoms with Gasteiger partial charge in [0.05, 0.1) is 25.6 Å². The van der Waals surface area contributed by atoms with E-state index in [4.69, 9.17) is 9.47 Å². The molecule has 2 rings (SSSR count). The smallest absolute Gasteiger partial charge is 0.164 e. The highest BCUT2D eigenvalue weighted by Gasteiger charge is 2.12. The molecule has 25 heavy (non-hydrogen) atoms. The predicted molar refractivity (Wildman–Crippen MR) is 105 cm³/mol. The van der Waals surface area contributed by atoms with E-state index in [2.05, 4.69) is 30.1 Å². The van der Waals surface area contributed by atoms with Crippen molar-refractivity contribution in [2.45, 2.75) is 26.2 Å². The molecule has 2 aromatic rings. The van der Waals surface area contributed by atoms with Gasteiger partial charge in [-0.2, -0.15) is 5.10 Å². The van der Waals surface area contributed by atoms with E-state index < -0.39 is 0 Å². The number of nitrogens with zero attached hydrogens (tertiary/aromatic N) is 1. The molecule has 0 saturated heterocycles. The van der Waals surface area contributed by atoms with Crippen LogP contribution in [-0.2, 0) is 6.42 Å². The van der Waals surface area contributed by atoms with Gasteiger partial charge in [-0.05, 0) is 42.7 Å². The second-order valence-corrected chi connectivity index (χ2v) is 5.64. The summed E-state index contributed by atoms with van der Waals surface area (Å²) >= 11 is 0. The van der Waals surface area contributed by atoms with Crippen molar-refractivity contribution in [3.05, 3.63) is 66.2 Å². The van der Waals surface area contributed by atoms with Crippen LogP contribution in [0.5, 0.6) is 11.5 Å². The summed E-state index contributed by atoms with van der Waals surface area (Å²) in [6, 6.07) is 13.8. The fourth-order valence-electron chi connectivity index (χ4n) is 2.39. The van der Waals surface area contributed by atoms with Crippen molar-refractivity contribution in [3.63, 3.8) is 0 Å². The molecule has 0 aliphatic heterocycles. The first-order valence-electron chi connectivity index (χ1n) is 8.57. The highest BCUT2D eigenvalue weighted by atomic mass is 16.5. The lowest BCUT2D eigenvalue weighted by Crippen LogP contribution is -2.03. The van der Waals surface area contributed by atoms with Crippen LogP contribution >= 0.6 is 0 Å². The maximum absolute atomic E-state index is 5.95. The van der Waals surface area contributed by atoms with E-state index in [0.29, 0.717) is 13.0 Å². The normalized spacial score (nSPS) is 10.6. The molecule has 0 unspecified atom stereocenters. The maximum Gasteiger partial charge on any atom is 0.164 e. The standard InChI is InChI=1S/C21H26N2O2/c1-4-6-13-25-21-18(10-5-2)14-17(15-20(21)24-3)16-22-23-19-11-8-7-9-12-19/h5,7-9,11-12,14-16,23H,2,4,6,10,13H2,1,3H3. The zero-order chi connectivity index (χ0) is 17.9. The van der Waals surface area contributed by atoms with Crippen molar-refractivity contribution >= 4 is 11.9 Å². The molecule has 0 aliphatic rings. The first-order valence-corrected chi connectivity index (χ1v) is 8.57. The van der Waals surface area contributed by atoms with Gasteiger partial charge in [-0.25, -0.2) is 0 Å². The third kappa shape index (κ3) is 5.68. The fraction of sp³-hybridized carbons (Fsp3) is 0.286. The van der Waals surface area contributed by atoms with E-state index in [1.54, 1.807) is 13.3 Å². The van der Waals surface area contributed by atoms with Crippen LogP contribution < -0.4 is 14.9 Å². The quantitative estimate of drug-likeness (QED) is 0.285. The molecular weight excluding hydrogens is 312 g/mol. The number of nitrogens with one attached hydrogen (secondary N) is 1. The minimum Gasteiger partial charge on any atom is -0.493 e. The fourth-order valence-corrected chi connectivity index (χ4v) is 2.39. The number of ether oxygens (including phenoxy) is 2. The molecular formula is C21H26N2O2. The van der Waals surface area contributed by atoms with E-state index >= 15 is 0 Å². The van der Waals surface area contributed by atoms with Gasteiger partial charge in [0.2, 0.25) is 0 Å². The molecule has 2 aromatic carbocycles. The Kier molecular flexibility index (Phi) is 7.57. The first-order chi connectivity index (χ1) is 12.3. The van der Waals surface area contributed by atoms with E-state index in [-0.39, 0.29) is 0 Å². The Bertz CT molecular complexity index is 697. The molecule has 0 bridgehead atoms. The number of rotatable bonds is 10. The average molecular weight is 338 g/mol. The van der Waals surface area contributed by atoms with Crippen LogP contribution in [0.15, 0.2) is 60.2 Å². The molecule has 0 heterocycles. The SMILES string of the molecule is C=CCc1cc(C=NNc2ccccc2)cc(OC)c1OCCCC. The lowest BCUT2D eigenvalue weighted by Gasteiger charge is -2.15. The van der Waals surface area contributed by atoms with Gasteiger partial charge < -0.3 is 9.47 Å². The summed E-state index contributed by atoms with van der Waals surface area (Å²) < 4.78 is 11.5. The second-order valence-electron chi connectivity index (χ2n) is 5.64. The highest BCUT2D eigenvalue weighted by molar-refractivity contribution is 5.82. The minimum absolute atomic E-state index is 0.681. The number of hydrogen-bond acceptors (Lipinski definition) is 4. The molecule has 0 aliphatic carbocycles. The lowest BCUT2D eigenvalue weighted by molar-refractivity contribution is 0.286. The highest BCUT2D eigenvalue weighted by Crippen LogP contribution is 2.33. The van der Waals surface area contributed by atoms with E-state index in [0.717, 1.165) is 41.2 Å². The van der Waals surface area contributed by atoms with Crippen LogP contribution in [0.25, 0.3) is 0 Å². The summed E-state index contributed by atoms with van der Waals surface area (Å²) in [5, 5.41) is 4.30. The number of anilines is 1. The van der Waals surface area contributed by atoms with Gasteiger partial charge in [-0.3, -0.25) is 5.43 Å². The lowest BCUT2D eigenvalue weighted by atomic mass is 10.1. The Labute approximate surface area is 150 Å². The van der Waals surface area contributed by atoms with Gasteiger partial charge >= 0.3 is 0 Å². The summed E-state index contributed by atoms with van der Waals surface area (Å²) in [6.07, 6.45) is 6.46. The minimum atomic E-state index is 0.681. The molecule has 132 valence electrons. The zero-order valence-electron chi connectivity index (χ0n) is 15.0. The van der Waals surface area contributed by atoms with Crippen LogP contribution in [0.2, 0.25) is 0 Å². The number of para-hydroxylation sites is 1. The first kappa shape index (κ1) is 18.6. The van der Waals surface area contributed by atoms with Crippen LogP contribution in [0.3, 0.4) is 0 Å². The maximum atomic E-state index is 5.95. The molecule has 0 saturated carbocycles. The molecule has 4 heteroatoms. The Balaban J connectivity index is 2.20. The topological polar surface area (TPSA) is 42.9 Å². The van der Waals surface area contributed by atoms with Crippen molar-refractivity contribution in [3.8, 4) is 11.5 Å². The van der Waals surface area contributed by atoms with Crippen LogP contribution in [0, 0.1) is 0 Å². The van der Waals surface area contributed by atoms with Gasteiger partial charge in [0.1, 0.15) is 0 Å². The molecule has 0 fully saturated rings. The van der Waals surface area contributed by atoms with Gasteiger partial charge in [0.15, 0.2) is 11.5 Å². The van der Waals surface area contributed by atoms with Crippen molar-refractivity contribution < 1.29 is 9.47 Å². The van der Waals surface area contributed by atoms with Gasteiger partial charge in [0.25, 0.3) is 0 Å². The van der Waals surface area contributed by atoms with Gasteiger partial charge in [-0.1, -0.05) is 37.6 Å². The van der Waals surface area contributed by atoms with Gasteiger partial charge in [0, 0.05) is 5.56 Å². The number of unbranched alkanes of at least 4 members (excludes halogenated alkanes) is 1. The monoisotopic (exact) mass is 338 g/mol. The van der Waals surface area contributed by atoms with Crippen LogP contribution in [0.1, 0.15) is 30.9 Å². The Morgan fingerprint density at radius 2 is 2.00 bits per heavy atom. The van der Waals surface area contributed by atoms with Crippen LogP contribution in [0.4, 0.5) is 5.69 Å². The molecule has 0 amide bonds. The summed E-state index contributed by atoms with van der Waals surface area (Å²) in [4.78, 5) is 0. The molecule has 0 radical (unpaired) electrons. The Morgan fingerprint density at radius 1 is 1.20 bits per heavy atom. The van der Waals surface area contributed by atoms with Gasteiger partial charge in [-0.15, -0.1) is 6.58 Å². The van der Waals surface area contributed by atoms with Crippen molar-refractivity contribution in [1.82, 2.24) is 0 Å². The zero-order valence-corrected chi connectivity index (χ0v) is 15.0. The number of methoxy groups -OCH3 is 1. The Hall–Kier alpha value is -2.75. The van der Waals surface area contributed by atoms with Crippen molar-refractivity contribution in [2.24, 2.45) is 5.10 Å². The van der Waals surface area contributed by atoms with E-state index in [9.17, 15) is 0 Å². The third-order valence-corrected chi connectivity index (χ3v) is 3.66. The second kappa shape index (κ2) is 10.2. The number of hydrazone groups is 1. The average Bonchev–Trinajstić information content (AvgIpc) is 2.64. The molecule has 0 aromatic heterocycles. The largest absolute Gasteiger partial charge is 0.493 e. The molecule has 0 spiro atoms. The molecule has 4 nitrogen and oxygen atoms in total. The number of allylic oxidation sites excluding steroid dienone is 1. The Morgan fingerprint density at radius 3 is 2.68 bits per heavy atom. The summed E-state index contributed by atoms with van der Waals surface area (Å²) in [5.74, 6) is 1.51. The van der Waals surface area contributed by atoms with Crippen LogP contribution in [-0.4, -0.2) is 19.9 Å². The van der Waals surface area contributed by atoms with E-state index in [1.807, 2.05) is 42.5 Å². The number of hydrogen-bond donors (Lipinski definition) is 1. The summed E-state index contributed by atoms with van der Waals surface area (Å²) in [6.45, 7) is 6.66. The number of benzene rings is 2. The summed E-state index contributed by atoms with van der Waals surface area (Å²) in [5.41, 5.74) is 5.95. The molecule has 0 atom stereocenters. The predicted octanol–water partition coefficient (Wildman–Crippen LogP) is 5.05.